The number of aliphatic hydroxyl groups excluding tert-OH is 2. The molecule has 0 unspecified atom stereocenters. The summed E-state index contributed by atoms with van der Waals surface area (Å²) in [6.07, 6.45) is -2.61. The Morgan fingerprint density at radius 1 is 0.881 bits per heavy atom. The average Bonchev–Trinajstić information content (AvgIpc) is 3.29. The SMILES string of the molecule is CC(C)n1c(CC[C@@H](O)C[C@@H](O)CC(=O)[O-])c(-c2ccc(F)cc2)c(-c2ccccc2)c1C(=O)Nc1ccc([O-])cc1. The van der Waals surface area contributed by atoms with E-state index in [9.17, 15) is 34.4 Å². The molecule has 3 aromatic carbocycles. The minimum Gasteiger partial charge on any atom is -0.872 e. The van der Waals surface area contributed by atoms with Crippen molar-refractivity contribution >= 4 is 17.6 Å². The Labute approximate surface area is 243 Å². The van der Waals surface area contributed by atoms with Gasteiger partial charge in [-0.25, -0.2) is 4.39 Å². The molecule has 1 heterocycles. The largest absolute Gasteiger partial charge is 0.872 e. The van der Waals surface area contributed by atoms with Gasteiger partial charge in [0, 0.05) is 40.9 Å². The van der Waals surface area contributed by atoms with E-state index in [0.717, 1.165) is 5.56 Å². The summed E-state index contributed by atoms with van der Waals surface area (Å²) >= 11 is 0. The van der Waals surface area contributed by atoms with Crippen LogP contribution in [0.1, 0.15) is 55.3 Å². The molecule has 3 N–H and O–H groups in total. The molecule has 0 saturated carbocycles. The van der Waals surface area contributed by atoms with E-state index in [0.29, 0.717) is 33.8 Å². The molecular weight excluding hydrogens is 539 g/mol. The van der Waals surface area contributed by atoms with E-state index < -0.39 is 36.3 Å². The molecule has 0 aliphatic heterocycles. The number of aromatic nitrogens is 1. The Morgan fingerprint density at radius 3 is 2.10 bits per heavy atom. The maximum absolute atomic E-state index is 14.0. The predicted octanol–water partition coefficient (Wildman–Crippen LogP) is 4.05. The van der Waals surface area contributed by atoms with Crippen LogP contribution in [-0.2, 0) is 11.2 Å². The Morgan fingerprint density at radius 2 is 1.50 bits per heavy atom. The molecule has 0 aliphatic carbocycles. The van der Waals surface area contributed by atoms with Crippen molar-refractivity contribution in [2.75, 3.05) is 5.32 Å². The fraction of sp³-hybridized carbons (Fsp3) is 0.273. The molecule has 220 valence electrons. The number of hydrogen-bond donors (Lipinski definition) is 3. The van der Waals surface area contributed by atoms with Gasteiger partial charge in [0.15, 0.2) is 0 Å². The monoisotopic (exact) mass is 572 g/mol. The molecule has 4 rings (SSSR count). The van der Waals surface area contributed by atoms with E-state index in [1.165, 1.54) is 36.4 Å². The summed E-state index contributed by atoms with van der Waals surface area (Å²) in [4.78, 5) is 24.9. The number of amides is 1. The van der Waals surface area contributed by atoms with Crippen LogP contribution in [0.4, 0.5) is 10.1 Å². The molecule has 0 radical (unpaired) electrons. The third-order valence-corrected chi connectivity index (χ3v) is 7.01. The van der Waals surface area contributed by atoms with E-state index >= 15 is 0 Å². The van der Waals surface area contributed by atoms with Gasteiger partial charge < -0.3 is 35.1 Å². The van der Waals surface area contributed by atoms with Crippen molar-refractivity contribution in [1.82, 2.24) is 4.57 Å². The second-order valence-corrected chi connectivity index (χ2v) is 10.5. The van der Waals surface area contributed by atoms with E-state index in [-0.39, 0.29) is 31.1 Å². The van der Waals surface area contributed by atoms with Crippen molar-refractivity contribution in [3.63, 3.8) is 0 Å². The first-order valence-electron chi connectivity index (χ1n) is 13.8. The maximum atomic E-state index is 14.0. The van der Waals surface area contributed by atoms with Crippen LogP contribution in [0.15, 0.2) is 78.9 Å². The minimum atomic E-state index is -1.41. The van der Waals surface area contributed by atoms with E-state index in [1.807, 2.05) is 48.7 Å². The van der Waals surface area contributed by atoms with Gasteiger partial charge >= 0.3 is 0 Å². The molecular formula is C33H33FN2O6-2. The number of carboxylic acid groups (broad SMARTS) is 1. The zero-order chi connectivity index (χ0) is 30.4. The lowest BCUT2D eigenvalue weighted by atomic mass is 9.92. The summed E-state index contributed by atoms with van der Waals surface area (Å²) in [5.74, 6) is -2.43. The zero-order valence-electron chi connectivity index (χ0n) is 23.4. The predicted molar refractivity (Wildman–Crippen MR) is 154 cm³/mol. The quantitative estimate of drug-likeness (QED) is 0.234. The Bertz CT molecular complexity index is 1520. The number of aliphatic hydroxyl groups is 2. The van der Waals surface area contributed by atoms with Crippen LogP contribution in [-0.4, -0.2) is 38.9 Å². The summed E-state index contributed by atoms with van der Waals surface area (Å²) in [5.41, 5.74) is 4.24. The first kappa shape index (κ1) is 30.5. The van der Waals surface area contributed by atoms with Gasteiger partial charge in [0.1, 0.15) is 11.5 Å². The van der Waals surface area contributed by atoms with Crippen molar-refractivity contribution in [1.29, 1.82) is 0 Å². The van der Waals surface area contributed by atoms with Gasteiger partial charge in [-0.05, 0) is 68.5 Å². The lowest BCUT2D eigenvalue weighted by Gasteiger charge is -2.20. The van der Waals surface area contributed by atoms with Crippen LogP contribution in [0.2, 0.25) is 0 Å². The summed E-state index contributed by atoms with van der Waals surface area (Å²) < 4.78 is 15.9. The van der Waals surface area contributed by atoms with Crippen LogP contribution < -0.4 is 15.5 Å². The van der Waals surface area contributed by atoms with Crippen LogP contribution in [0.5, 0.6) is 5.75 Å². The Balaban J connectivity index is 1.89. The second-order valence-electron chi connectivity index (χ2n) is 10.5. The van der Waals surface area contributed by atoms with Crippen LogP contribution in [0.25, 0.3) is 22.3 Å². The first-order valence-corrected chi connectivity index (χ1v) is 13.8. The van der Waals surface area contributed by atoms with E-state index in [2.05, 4.69) is 5.32 Å². The molecule has 42 heavy (non-hydrogen) atoms. The standard InChI is InChI=1S/C33H35FN2O6/c1-20(2)36-28(17-16-26(38)18-27(39)19-29(40)41)30(22-8-10-23(34)11-9-22)31(21-6-4-3-5-7-21)32(36)33(42)35-24-12-14-25(37)15-13-24/h3-15,20,26-27,37-39H,16-19H2,1-2H3,(H,35,42)(H,40,41)/p-2/t26-,27-/m1/s1. The number of nitrogens with zero attached hydrogens (tertiary/aromatic N) is 1. The molecule has 2 atom stereocenters. The summed E-state index contributed by atoms with van der Waals surface area (Å²) in [7, 11) is 0. The highest BCUT2D eigenvalue weighted by Gasteiger charge is 2.30. The number of benzene rings is 3. The highest BCUT2D eigenvalue weighted by molar-refractivity contribution is 6.11. The first-order chi connectivity index (χ1) is 20.0. The molecule has 0 fully saturated rings. The summed E-state index contributed by atoms with van der Waals surface area (Å²) in [5, 5.41) is 46.1. The highest BCUT2D eigenvalue weighted by atomic mass is 19.1. The Kier molecular flexibility index (Phi) is 9.77. The molecule has 4 aromatic rings. The number of halogens is 1. The fourth-order valence-corrected chi connectivity index (χ4v) is 5.23. The second kappa shape index (κ2) is 13.5. The lowest BCUT2D eigenvalue weighted by Crippen LogP contribution is -2.29. The lowest BCUT2D eigenvalue weighted by molar-refractivity contribution is -0.307. The van der Waals surface area contributed by atoms with Crippen molar-refractivity contribution in [2.24, 2.45) is 0 Å². The van der Waals surface area contributed by atoms with Crippen molar-refractivity contribution in [3.05, 3.63) is 96.1 Å². The van der Waals surface area contributed by atoms with Crippen molar-refractivity contribution in [3.8, 4) is 28.0 Å². The molecule has 0 bridgehead atoms. The smallest absolute Gasteiger partial charge is 0.272 e. The average molecular weight is 573 g/mol. The van der Waals surface area contributed by atoms with Crippen molar-refractivity contribution < 1.29 is 34.4 Å². The van der Waals surface area contributed by atoms with Crippen LogP contribution >= 0.6 is 0 Å². The van der Waals surface area contributed by atoms with E-state index in [1.54, 1.807) is 12.1 Å². The number of nitrogens with one attached hydrogen (secondary N) is 1. The molecule has 8 nitrogen and oxygen atoms in total. The van der Waals surface area contributed by atoms with E-state index in [4.69, 9.17) is 0 Å². The normalized spacial score (nSPS) is 12.7. The van der Waals surface area contributed by atoms with Gasteiger partial charge in [-0.15, -0.1) is 5.75 Å². The minimum absolute atomic E-state index is 0.156. The fourth-order valence-electron chi connectivity index (χ4n) is 5.23. The maximum Gasteiger partial charge on any atom is 0.272 e. The molecule has 0 aliphatic rings. The number of anilines is 1. The molecule has 1 aromatic heterocycles. The number of hydrogen-bond acceptors (Lipinski definition) is 6. The molecule has 9 heteroatoms. The molecule has 1 amide bonds. The third-order valence-electron chi connectivity index (χ3n) is 7.01. The molecule has 0 spiro atoms. The number of carboxylic acids is 1. The highest BCUT2D eigenvalue weighted by Crippen LogP contribution is 2.43. The van der Waals surface area contributed by atoms with Crippen LogP contribution in [0, 0.1) is 5.82 Å². The third kappa shape index (κ3) is 7.23. The van der Waals surface area contributed by atoms with Gasteiger partial charge in [-0.1, -0.05) is 54.6 Å². The van der Waals surface area contributed by atoms with Gasteiger partial charge in [-0.2, -0.15) is 0 Å². The topological polar surface area (TPSA) is 138 Å². The number of aliphatic carboxylic acids is 1. The van der Waals surface area contributed by atoms with Crippen LogP contribution in [0.3, 0.4) is 0 Å². The van der Waals surface area contributed by atoms with Gasteiger partial charge in [0.25, 0.3) is 5.91 Å². The number of carbonyl (C=O) groups is 2. The summed E-state index contributed by atoms with van der Waals surface area (Å²) in [6, 6.07) is 20.9. The van der Waals surface area contributed by atoms with Gasteiger partial charge in [-0.3, -0.25) is 4.79 Å². The summed E-state index contributed by atoms with van der Waals surface area (Å²) in [6.45, 7) is 3.85. The number of carbonyl (C=O) groups excluding carboxylic acids is 2. The Hall–Kier alpha value is -4.47. The van der Waals surface area contributed by atoms with Gasteiger partial charge in [0.2, 0.25) is 0 Å². The van der Waals surface area contributed by atoms with Crippen molar-refractivity contribution in [2.45, 2.75) is 57.8 Å². The van der Waals surface area contributed by atoms with Gasteiger partial charge in [0.05, 0.1) is 12.2 Å². The molecule has 0 saturated heterocycles. The number of rotatable bonds is 12. The zero-order valence-corrected chi connectivity index (χ0v) is 23.4.